The number of rotatable bonds is 4. The summed E-state index contributed by atoms with van der Waals surface area (Å²) in [6, 6.07) is 1.54. The number of aliphatic hydroxyl groups is 1. The fraction of sp³-hybridized carbons (Fsp3) is 0.667. The first-order chi connectivity index (χ1) is 8.68. The van der Waals surface area contributed by atoms with E-state index >= 15 is 0 Å². The van der Waals surface area contributed by atoms with Gasteiger partial charge in [0.2, 0.25) is 0 Å². The molecule has 0 aromatic carbocycles. The van der Waals surface area contributed by atoms with Gasteiger partial charge < -0.3 is 15.7 Å². The number of hydrogen-bond acceptors (Lipinski definition) is 3. The second-order valence-electron chi connectivity index (χ2n) is 4.90. The number of carbonyl (C=O) groups excluding carboxylic acids is 1. The zero-order chi connectivity index (χ0) is 12.8. The molecular formula is C12H20N4O2. The van der Waals surface area contributed by atoms with Crippen LogP contribution in [0.1, 0.15) is 37.8 Å². The van der Waals surface area contributed by atoms with Crippen LogP contribution in [0.4, 0.5) is 4.79 Å². The highest BCUT2D eigenvalue weighted by Gasteiger charge is 2.29. The Labute approximate surface area is 106 Å². The Hall–Kier alpha value is -1.56. The first-order valence-electron chi connectivity index (χ1n) is 6.40. The predicted molar refractivity (Wildman–Crippen MR) is 66.9 cm³/mol. The molecule has 0 atom stereocenters. The summed E-state index contributed by atoms with van der Waals surface area (Å²) in [4.78, 5) is 11.6. The lowest BCUT2D eigenvalue weighted by Crippen LogP contribution is -2.47. The molecule has 1 aromatic heterocycles. The maximum absolute atomic E-state index is 11.6. The SMILES string of the molecule is O=C(NCc1ccn[nH]1)NCC1(O)CCCCC1. The fourth-order valence-corrected chi connectivity index (χ4v) is 2.25. The van der Waals surface area contributed by atoms with Crippen LogP contribution in [0.2, 0.25) is 0 Å². The number of nitrogens with zero attached hydrogens (tertiary/aromatic N) is 1. The van der Waals surface area contributed by atoms with Crippen LogP contribution in [0.25, 0.3) is 0 Å². The van der Waals surface area contributed by atoms with Crippen LogP contribution in [-0.4, -0.2) is 33.5 Å². The van der Waals surface area contributed by atoms with Crippen molar-refractivity contribution in [3.8, 4) is 0 Å². The van der Waals surface area contributed by atoms with Crippen LogP contribution >= 0.6 is 0 Å². The van der Waals surface area contributed by atoms with Crippen molar-refractivity contribution in [2.45, 2.75) is 44.2 Å². The zero-order valence-corrected chi connectivity index (χ0v) is 10.4. The van der Waals surface area contributed by atoms with Gasteiger partial charge in [0, 0.05) is 12.7 Å². The van der Waals surface area contributed by atoms with Gasteiger partial charge in [-0.25, -0.2) is 4.79 Å². The summed E-state index contributed by atoms with van der Waals surface area (Å²) in [6.45, 7) is 0.728. The minimum atomic E-state index is -0.719. The van der Waals surface area contributed by atoms with E-state index in [1.807, 2.05) is 0 Å². The Kier molecular flexibility index (Phi) is 4.19. The first-order valence-corrected chi connectivity index (χ1v) is 6.40. The molecule has 1 aliphatic rings. The lowest BCUT2D eigenvalue weighted by molar-refractivity contribution is 0.00719. The van der Waals surface area contributed by atoms with Crippen molar-refractivity contribution < 1.29 is 9.90 Å². The Morgan fingerprint density at radius 3 is 2.83 bits per heavy atom. The van der Waals surface area contributed by atoms with Crippen molar-refractivity contribution in [2.24, 2.45) is 0 Å². The van der Waals surface area contributed by atoms with E-state index in [2.05, 4.69) is 20.8 Å². The topological polar surface area (TPSA) is 90.0 Å². The van der Waals surface area contributed by atoms with Crippen molar-refractivity contribution >= 4 is 6.03 Å². The van der Waals surface area contributed by atoms with Gasteiger partial charge in [0.25, 0.3) is 0 Å². The Balaban J connectivity index is 1.68. The average Bonchev–Trinajstić information content (AvgIpc) is 2.88. The van der Waals surface area contributed by atoms with Crippen LogP contribution in [-0.2, 0) is 6.54 Å². The Morgan fingerprint density at radius 1 is 1.39 bits per heavy atom. The normalized spacial score (nSPS) is 18.3. The van der Waals surface area contributed by atoms with Gasteiger partial charge in [0.15, 0.2) is 0 Å². The average molecular weight is 252 g/mol. The summed E-state index contributed by atoms with van der Waals surface area (Å²) >= 11 is 0. The van der Waals surface area contributed by atoms with Crippen molar-refractivity contribution in [1.82, 2.24) is 20.8 Å². The molecule has 100 valence electrons. The van der Waals surface area contributed by atoms with Gasteiger partial charge in [-0.3, -0.25) is 5.10 Å². The van der Waals surface area contributed by atoms with E-state index in [9.17, 15) is 9.90 Å². The smallest absolute Gasteiger partial charge is 0.315 e. The van der Waals surface area contributed by atoms with Gasteiger partial charge in [-0.1, -0.05) is 19.3 Å². The summed E-state index contributed by atoms with van der Waals surface area (Å²) in [5, 5.41) is 22.2. The maximum Gasteiger partial charge on any atom is 0.315 e. The Morgan fingerprint density at radius 2 is 2.17 bits per heavy atom. The van der Waals surface area contributed by atoms with Gasteiger partial charge in [-0.15, -0.1) is 0 Å². The van der Waals surface area contributed by atoms with Crippen molar-refractivity contribution in [3.63, 3.8) is 0 Å². The summed E-state index contributed by atoms with van der Waals surface area (Å²) in [6.07, 6.45) is 6.43. The van der Waals surface area contributed by atoms with E-state index in [1.165, 1.54) is 6.42 Å². The van der Waals surface area contributed by atoms with Crippen molar-refractivity contribution in [1.29, 1.82) is 0 Å². The monoisotopic (exact) mass is 252 g/mol. The second kappa shape index (κ2) is 5.86. The van der Waals surface area contributed by atoms with Crippen LogP contribution in [0, 0.1) is 0 Å². The molecule has 1 fully saturated rings. The predicted octanol–water partition coefficient (Wildman–Crippen LogP) is 0.904. The van der Waals surface area contributed by atoms with Crippen molar-refractivity contribution in [3.05, 3.63) is 18.0 Å². The molecular weight excluding hydrogens is 232 g/mol. The molecule has 1 aromatic rings. The molecule has 1 aliphatic carbocycles. The molecule has 1 heterocycles. The summed E-state index contributed by atoms with van der Waals surface area (Å²) in [5.41, 5.74) is 0.130. The molecule has 0 spiro atoms. The van der Waals surface area contributed by atoms with E-state index in [0.717, 1.165) is 31.4 Å². The third kappa shape index (κ3) is 3.73. The number of hydrogen-bond donors (Lipinski definition) is 4. The number of carbonyl (C=O) groups is 1. The van der Waals surface area contributed by atoms with Gasteiger partial charge in [0.1, 0.15) is 0 Å². The van der Waals surface area contributed by atoms with Crippen molar-refractivity contribution in [2.75, 3.05) is 6.54 Å². The summed E-state index contributed by atoms with van der Waals surface area (Å²) in [5.74, 6) is 0. The molecule has 0 aliphatic heterocycles. The number of amides is 2. The number of H-pyrrole nitrogens is 1. The number of urea groups is 1. The second-order valence-corrected chi connectivity index (χ2v) is 4.90. The molecule has 0 bridgehead atoms. The zero-order valence-electron chi connectivity index (χ0n) is 10.4. The summed E-state index contributed by atoms with van der Waals surface area (Å²) in [7, 11) is 0. The molecule has 1 saturated carbocycles. The van der Waals surface area contributed by atoms with Crippen LogP contribution in [0.15, 0.2) is 12.3 Å². The van der Waals surface area contributed by atoms with Gasteiger partial charge in [-0.05, 0) is 18.9 Å². The van der Waals surface area contributed by atoms with E-state index in [0.29, 0.717) is 13.1 Å². The quantitative estimate of drug-likeness (QED) is 0.642. The van der Waals surface area contributed by atoms with E-state index < -0.39 is 5.60 Å². The Bertz CT molecular complexity index is 371. The van der Waals surface area contributed by atoms with E-state index in [4.69, 9.17) is 0 Å². The minimum absolute atomic E-state index is 0.261. The molecule has 18 heavy (non-hydrogen) atoms. The van der Waals surface area contributed by atoms with E-state index in [1.54, 1.807) is 12.3 Å². The van der Waals surface area contributed by atoms with E-state index in [-0.39, 0.29) is 6.03 Å². The highest BCUT2D eigenvalue weighted by molar-refractivity contribution is 5.73. The largest absolute Gasteiger partial charge is 0.388 e. The molecule has 2 amide bonds. The minimum Gasteiger partial charge on any atom is -0.388 e. The van der Waals surface area contributed by atoms with Gasteiger partial charge in [0.05, 0.1) is 17.8 Å². The lowest BCUT2D eigenvalue weighted by atomic mass is 9.85. The molecule has 4 N–H and O–H groups in total. The van der Waals surface area contributed by atoms with Gasteiger partial charge >= 0.3 is 6.03 Å². The molecule has 0 radical (unpaired) electrons. The van der Waals surface area contributed by atoms with Crippen LogP contribution in [0.3, 0.4) is 0 Å². The van der Waals surface area contributed by atoms with Gasteiger partial charge in [-0.2, -0.15) is 5.10 Å². The lowest BCUT2D eigenvalue weighted by Gasteiger charge is -2.32. The number of aromatic nitrogens is 2. The maximum atomic E-state index is 11.6. The number of nitrogens with one attached hydrogen (secondary N) is 3. The highest BCUT2D eigenvalue weighted by atomic mass is 16.3. The summed E-state index contributed by atoms with van der Waals surface area (Å²) < 4.78 is 0. The third-order valence-electron chi connectivity index (χ3n) is 3.36. The fourth-order valence-electron chi connectivity index (χ4n) is 2.25. The molecule has 2 rings (SSSR count). The van der Waals surface area contributed by atoms with Crippen LogP contribution in [0.5, 0.6) is 0 Å². The molecule has 0 saturated heterocycles. The molecule has 6 heteroatoms. The number of aromatic amines is 1. The standard InChI is InChI=1S/C12H20N4O2/c17-11(13-8-10-4-7-15-16-10)14-9-12(18)5-2-1-3-6-12/h4,7,18H,1-3,5-6,8-9H2,(H,15,16)(H2,13,14,17). The third-order valence-corrected chi connectivity index (χ3v) is 3.36. The molecule has 6 nitrogen and oxygen atoms in total. The highest BCUT2D eigenvalue weighted by Crippen LogP contribution is 2.27. The first kappa shape index (κ1) is 12.9. The van der Waals surface area contributed by atoms with Crippen LogP contribution < -0.4 is 10.6 Å². The molecule has 0 unspecified atom stereocenters.